The Kier molecular flexibility index (Phi) is 15.8. The number of guanidine groups is 1. The topological polar surface area (TPSA) is 58.1 Å². The Morgan fingerprint density at radius 3 is 2.19 bits per heavy atom. The van der Waals surface area contributed by atoms with Gasteiger partial charge in [-0.3, -0.25) is 9.89 Å². The van der Waals surface area contributed by atoms with E-state index in [4.69, 9.17) is 9.47 Å². The molecule has 1 aliphatic heterocycles. The molecule has 156 valence electrons. The number of halogens is 1. The molecule has 0 bridgehead atoms. The van der Waals surface area contributed by atoms with Crippen LogP contribution in [-0.2, 0) is 9.47 Å². The highest BCUT2D eigenvalue weighted by Crippen LogP contribution is 2.10. The maximum atomic E-state index is 5.88. The molecule has 0 spiro atoms. The molecule has 1 heterocycles. The van der Waals surface area contributed by atoms with Crippen molar-refractivity contribution in [3.8, 4) is 0 Å². The number of nitrogens with one attached hydrogen (secondary N) is 2. The van der Waals surface area contributed by atoms with E-state index in [1.54, 1.807) is 0 Å². The average Bonchev–Trinajstić information content (AvgIpc) is 2.59. The van der Waals surface area contributed by atoms with Crippen LogP contribution in [0.2, 0.25) is 0 Å². The molecular weight excluding hydrogens is 443 g/mol. The summed E-state index contributed by atoms with van der Waals surface area (Å²) in [7, 11) is 1.82. The lowest BCUT2D eigenvalue weighted by Gasteiger charge is -2.30. The molecule has 1 saturated heterocycles. The third-order valence-corrected chi connectivity index (χ3v) is 4.57. The first-order valence-electron chi connectivity index (χ1n) is 9.94. The van der Waals surface area contributed by atoms with Gasteiger partial charge in [0, 0.05) is 58.6 Å². The minimum atomic E-state index is 0. The number of nitrogens with zero attached hydrogens (tertiary/aromatic N) is 2. The molecule has 1 fully saturated rings. The summed E-state index contributed by atoms with van der Waals surface area (Å²) in [5.41, 5.74) is 0. The highest BCUT2D eigenvalue weighted by Gasteiger charge is 2.14. The molecule has 0 amide bonds. The fraction of sp³-hybridized carbons (Fsp3) is 0.947. The van der Waals surface area contributed by atoms with Crippen molar-refractivity contribution in [3.05, 3.63) is 0 Å². The molecule has 0 aromatic carbocycles. The Morgan fingerprint density at radius 1 is 1.08 bits per heavy atom. The third kappa shape index (κ3) is 11.6. The molecule has 2 N–H and O–H groups in total. The number of rotatable bonds is 11. The molecule has 0 aromatic heterocycles. The van der Waals surface area contributed by atoms with Gasteiger partial charge in [-0.1, -0.05) is 0 Å². The van der Waals surface area contributed by atoms with Gasteiger partial charge < -0.3 is 20.1 Å². The van der Waals surface area contributed by atoms with Crippen molar-refractivity contribution >= 4 is 29.9 Å². The van der Waals surface area contributed by atoms with Gasteiger partial charge in [-0.25, -0.2) is 0 Å². The van der Waals surface area contributed by atoms with Crippen molar-refractivity contribution in [2.24, 2.45) is 4.99 Å². The fourth-order valence-corrected chi connectivity index (χ4v) is 3.17. The van der Waals surface area contributed by atoms with Gasteiger partial charge in [-0.2, -0.15) is 0 Å². The number of ether oxygens (including phenoxy) is 2. The lowest BCUT2D eigenvalue weighted by Crippen LogP contribution is -2.41. The Labute approximate surface area is 177 Å². The molecule has 1 aliphatic rings. The van der Waals surface area contributed by atoms with Crippen LogP contribution in [0.15, 0.2) is 4.99 Å². The lowest BCUT2D eigenvalue weighted by atomic mass is 10.1. The van der Waals surface area contributed by atoms with Gasteiger partial charge in [0.05, 0.1) is 6.10 Å². The van der Waals surface area contributed by atoms with Crippen LogP contribution >= 0.6 is 24.0 Å². The summed E-state index contributed by atoms with van der Waals surface area (Å²) in [6.45, 7) is 14.4. The normalized spacial score (nSPS) is 16.2. The van der Waals surface area contributed by atoms with Crippen molar-refractivity contribution in [1.29, 1.82) is 0 Å². The quantitative estimate of drug-likeness (QED) is 0.205. The van der Waals surface area contributed by atoms with Crippen LogP contribution < -0.4 is 10.6 Å². The molecular formula is C19H41IN4O2. The largest absolute Gasteiger partial charge is 0.381 e. The zero-order valence-electron chi connectivity index (χ0n) is 17.4. The van der Waals surface area contributed by atoms with Gasteiger partial charge in [0.25, 0.3) is 0 Å². The van der Waals surface area contributed by atoms with Crippen LogP contribution in [0, 0.1) is 0 Å². The summed E-state index contributed by atoms with van der Waals surface area (Å²) in [6.07, 6.45) is 4.55. The van der Waals surface area contributed by atoms with E-state index in [9.17, 15) is 0 Å². The predicted molar refractivity (Wildman–Crippen MR) is 121 cm³/mol. The van der Waals surface area contributed by atoms with E-state index in [2.05, 4.69) is 48.2 Å². The number of hydrogen-bond donors (Lipinski definition) is 2. The molecule has 0 aliphatic carbocycles. The van der Waals surface area contributed by atoms with Gasteiger partial charge in [-0.15, -0.1) is 24.0 Å². The molecule has 0 aromatic rings. The monoisotopic (exact) mass is 484 g/mol. The summed E-state index contributed by atoms with van der Waals surface area (Å²) >= 11 is 0. The van der Waals surface area contributed by atoms with Gasteiger partial charge in [0.15, 0.2) is 5.96 Å². The molecule has 0 saturated carbocycles. The van der Waals surface area contributed by atoms with E-state index in [1.165, 1.54) is 0 Å². The van der Waals surface area contributed by atoms with Crippen LogP contribution in [0.5, 0.6) is 0 Å². The summed E-state index contributed by atoms with van der Waals surface area (Å²) in [5.74, 6) is 0.881. The second-order valence-electron chi connectivity index (χ2n) is 7.24. The van der Waals surface area contributed by atoms with Crippen molar-refractivity contribution in [2.75, 3.05) is 46.5 Å². The van der Waals surface area contributed by atoms with E-state index < -0.39 is 0 Å². The van der Waals surface area contributed by atoms with Crippen LogP contribution in [0.25, 0.3) is 0 Å². The molecule has 26 heavy (non-hydrogen) atoms. The zero-order valence-corrected chi connectivity index (χ0v) is 19.8. The maximum absolute atomic E-state index is 5.88. The van der Waals surface area contributed by atoms with Gasteiger partial charge in [0.2, 0.25) is 0 Å². The molecule has 1 rings (SSSR count). The average molecular weight is 484 g/mol. The highest BCUT2D eigenvalue weighted by molar-refractivity contribution is 14.0. The molecule has 0 unspecified atom stereocenters. The zero-order chi connectivity index (χ0) is 18.5. The fourth-order valence-electron chi connectivity index (χ4n) is 3.17. The summed E-state index contributed by atoms with van der Waals surface area (Å²) in [4.78, 5) is 6.81. The Bertz CT molecular complexity index is 353. The van der Waals surface area contributed by atoms with Crippen molar-refractivity contribution in [1.82, 2.24) is 15.5 Å². The molecule has 7 heteroatoms. The van der Waals surface area contributed by atoms with Crippen molar-refractivity contribution in [2.45, 2.75) is 71.6 Å². The first-order chi connectivity index (χ1) is 12.0. The van der Waals surface area contributed by atoms with E-state index in [0.29, 0.717) is 18.2 Å². The Hall–Kier alpha value is -0.120. The highest BCUT2D eigenvalue weighted by atomic mass is 127. The number of aliphatic imine (C=N–C) groups is 1. The Morgan fingerprint density at radius 2 is 1.65 bits per heavy atom. The van der Waals surface area contributed by atoms with Crippen molar-refractivity contribution in [3.63, 3.8) is 0 Å². The van der Waals surface area contributed by atoms with Crippen LogP contribution in [-0.4, -0.2) is 75.5 Å². The van der Waals surface area contributed by atoms with E-state index in [0.717, 1.165) is 71.1 Å². The van der Waals surface area contributed by atoms with Gasteiger partial charge in [-0.05, 0) is 53.4 Å². The Balaban J connectivity index is 0.00000625. The second kappa shape index (κ2) is 15.9. The summed E-state index contributed by atoms with van der Waals surface area (Å²) in [6, 6.07) is 1.18. The van der Waals surface area contributed by atoms with E-state index in [1.807, 2.05) is 7.05 Å². The van der Waals surface area contributed by atoms with Crippen LogP contribution in [0.3, 0.4) is 0 Å². The number of hydrogen-bond acceptors (Lipinski definition) is 4. The summed E-state index contributed by atoms with van der Waals surface area (Å²) < 4.78 is 11.2. The first-order valence-corrected chi connectivity index (χ1v) is 9.94. The van der Waals surface area contributed by atoms with Crippen molar-refractivity contribution < 1.29 is 9.47 Å². The van der Waals surface area contributed by atoms with Crippen LogP contribution in [0.4, 0.5) is 0 Å². The first kappa shape index (κ1) is 25.9. The minimum Gasteiger partial charge on any atom is -0.381 e. The predicted octanol–water partition coefficient (Wildman–Crippen LogP) is 2.86. The summed E-state index contributed by atoms with van der Waals surface area (Å²) in [5, 5.41) is 6.76. The van der Waals surface area contributed by atoms with E-state index in [-0.39, 0.29) is 24.0 Å². The third-order valence-electron chi connectivity index (χ3n) is 4.57. The lowest BCUT2D eigenvalue weighted by molar-refractivity contribution is -0.0320. The molecule has 0 radical (unpaired) electrons. The molecule has 0 atom stereocenters. The van der Waals surface area contributed by atoms with E-state index >= 15 is 0 Å². The van der Waals surface area contributed by atoms with Gasteiger partial charge >= 0.3 is 0 Å². The standard InChI is InChI=1S/C19H40N4O2.HI/c1-16(2)23(17(3)4)12-6-10-21-19(20-5)22-11-7-13-25-18-8-14-24-15-9-18;/h16-18H,6-15H2,1-5H3,(H2,20,21,22);1H. The smallest absolute Gasteiger partial charge is 0.190 e. The SMILES string of the molecule is CN=C(NCCCOC1CCOCC1)NCCCN(C(C)C)C(C)C.I. The van der Waals surface area contributed by atoms with Gasteiger partial charge in [0.1, 0.15) is 0 Å². The minimum absolute atomic E-state index is 0. The maximum Gasteiger partial charge on any atom is 0.190 e. The molecule has 6 nitrogen and oxygen atoms in total. The second-order valence-corrected chi connectivity index (χ2v) is 7.24. The van der Waals surface area contributed by atoms with Crippen LogP contribution in [0.1, 0.15) is 53.4 Å².